The zero-order valence-corrected chi connectivity index (χ0v) is 13.7. The van der Waals surface area contributed by atoms with Gasteiger partial charge in [-0.15, -0.1) is 24.5 Å². The number of thiazole rings is 1. The van der Waals surface area contributed by atoms with Gasteiger partial charge in [-0.25, -0.2) is 4.98 Å². The summed E-state index contributed by atoms with van der Waals surface area (Å²) in [7, 11) is 0. The zero-order chi connectivity index (χ0) is 16.8. The molecule has 1 N–H and O–H groups in total. The van der Waals surface area contributed by atoms with Gasteiger partial charge in [0.25, 0.3) is 0 Å². The van der Waals surface area contributed by atoms with Crippen LogP contribution >= 0.6 is 11.3 Å². The maximum absolute atomic E-state index is 12.4. The Bertz CT molecular complexity index is 737. The number of benzene rings is 1. The molecule has 2 aromatic rings. The Morgan fingerprint density at radius 3 is 2.79 bits per heavy atom. The minimum absolute atomic E-state index is 0.210. The third kappa shape index (κ3) is 3.15. The molecule has 1 aliphatic heterocycles. The third-order valence-corrected chi connectivity index (χ3v) is 5.89. The molecule has 1 aromatic heterocycles. The molecule has 0 unspecified atom stereocenters. The van der Waals surface area contributed by atoms with E-state index in [4.69, 9.17) is 4.98 Å². The number of ether oxygens (including phenoxy) is 1. The number of nitrogens with one attached hydrogen (secondary N) is 1. The average Bonchev–Trinajstić information content (AvgIpc) is 3.01. The van der Waals surface area contributed by atoms with E-state index >= 15 is 0 Å². The predicted molar refractivity (Wildman–Crippen MR) is 86.1 cm³/mol. The van der Waals surface area contributed by atoms with Crippen LogP contribution in [0.5, 0.6) is 5.75 Å². The van der Waals surface area contributed by atoms with Gasteiger partial charge < -0.3 is 10.1 Å². The molecule has 2 heterocycles. The van der Waals surface area contributed by atoms with E-state index in [2.05, 4.69) is 10.1 Å². The number of hydrogen-bond acceptors (Lipinski definition) is 4. The number of piperidine rings is 1. The van der Waals surface area contributed by atoms with Crippen molar-refractivity contribution in [1.82, 2.24) is 10.3 Å². The van der Waals surface area contributed by atoms with Crippen LogP contribution in [0, 0.1) is 5.41 Å². The quantitative estimate of drug-likeness (QED) is 0.877. The molecule has 1 spiro atoms. The largest absolute Gasteiger partial charge is 0.573 e. The van der Waals surface area contributed by atoms with Crippen molar-refractivity contribution >= 4 is 11.3 Å². The lowest BCUT2D eigenvalue weighted by Gasteiger charge is -2.23. The first kappa shape index (κ1) is 15.9. The highest BCUT2D eigenvalue weighted by molar-refractivity contribution is 7.13. The molecule has 0 radical (unpaired) electrons. The summed E-state index contributed by atoms with van der Waals surface area (Å²) in [5.41, 5.74) is 2.14. The van der Waals surface area contributed by atoms with Gasteiger partial charge in [-0.05, 0) is 49.9 Å². The van der Waals surface area contributed by atoms with Crippen molar-refractivity contribution in [3.8, 4) is 16.3 Å². The van der Waals surface area contributed by atoms with Crippen LogP contribution in [0.4, 0.5) is 13.2 Å². The molecular formula is C17H17F3N2OS. The summed E-state index contributed by atoms with van der Waals surface area (Å²) in [6.07, 6.45) is -1.14. The Morgan fingerprint density at radius 1 is 1.25 bits per heavy atom. The molecule has 3 nitrogen and oxygen atoms in total. The Balaban J connectivity index is 1.52. The third-order valence-electron chi connectivity index (χ3n) is 4.98. The van der Waals surface area contributed by atoms with E-state index in [0.717, 1.165) is 23.8 Å². The second kappa shape index (κ2) is 5.74. The summed E-state index contributed by atoms with van der Waals surface area (Å²) < 4.78 is 41.1. The van der Waals surface area contributed by atoms with Crippen LogP contribution in [0.25, 0.3) is 10.6 Å². The summed E-state index contributed by atoms with van der Waals surface area (Å²) in [4.78, 5) is 4.69. The van der Waals surface area contributed by atoms with Gasteiger partial charge in [0.15, 0.2) is 0 Å². The van der Waals surface area contributed by atoms with Crippen LogP contribution in [0.2, 0.25) is 0 Å². The normalized spacial score (nSPS) is 22.5. The Hall–Kier alpha value is -1.60. The lowest BCUT2D eigenvalue weighted by molar-refractivity contribution is -0.274. The molecule has 2 fully saturated rings. The lowest BCUT2D eigenvalue weighted by atomic mass is 9.91. The van der Waals surface area contributed by atoms with Crippen molar-refractivity contribution in [2.75, 3.05) is 13.1 Å². The van der Waals surface area contributed by atoms with Crippen LogP contribution in [0.1, 0.15) is 30.9 Å². The topological polar surface area (TPSA) is 34.1 Å². The second-order valence-electron chi connectivity index (χ2n) is 6.52. The zero-order valence-electron chi connectivity index (χ0n) is 12.9. The molecular weight excluding hydrogens is 337 g/mol. The molecule has 1 saturated carbocycles. The highest BCUT2D eigenvalue weighted by Crippen LogP contribution is 2.64. The molecule has 128 valence electrons. The smallest absolute Gasteiger partial charge is 0.406 e. The fourth-order valence-electron chi connectivity index (χ4n) is 3.65. The first-order chi connectivity index (χ1) is 11.5. The maximum atomic E-state index is 12.4. The molecule has 1 aliphatic carbocycles. The minimum atomic E-state index is -4.68. The van der Waals surface area contributed by atoms with Gasteiger partial charge in [0.05, 0.1) is 5.69 Å². The van der Waals surface area contributed by atoms with E-state index in [1.807, 2.05) is 5.38 Å². The van der Waals surface area contributed by atoms with E-state index in [9.17, 15) is 13.2 Å². The molecule has 1 aromatic carbocycles. The van der Waals surface area contributed by atoms with Crippen LogP contribution in [0.3, 0.4) is 0 Å². The molecule has 0 bridgehead atoms. The van der Waals surface area contributed by atoms with Crippen molar-refractivity contribution < 1.29 is 17.9 Å². The Labute approximate surface area is 141 Å². The van der Waals surface area contributed by atoms with E-state index in [-0.39, 0.29) is 5.75 Å². The summed E-state index contributed by atoms with van der Waals surface area (Å²) >= 11 is 1.48. The summed E-state index contributed by atoms with van der Waals surface area (Å²) in [5, 5.41) is 6.18. The number of hydrogen-bond donors (Lipinski definition) is 1. The van der Waals surface area contributed by atoms with Crippen molar-refractivity contribution in [2.45, 2.75) is 31.5 Å². The molecule has 1 atom stereocenters. The van der Waals surface area contributed by atoms with Crippen LogP contribution in [-0.4, -0.2) is 24.4 Å². The fourth-order valence-corrected chi connectivity index (χ4v) is 4.52. The molecule has 0 amide bonds. The molecule has 1 saturated heterocycles. The minimum Gasteiger partial charge on any atom is -0.406 e. The van der Waals surface area contributed by atoms with Crippen LogP contribution < -0.4 is 10.1 Å². The van der Waals surface area contributed by atoms with E-state index in [1.54, 1.807) is 12.1 Å². The summed E-state index contributed by atoms with van der Waals surface area (Å²) in [6.45, 7) is 2.12. The van der Waals surface area contributed by atoms with Gasteiger partial charge in [-0.2, -0.15) is 0 Å². The fraction of sp³-hybridized carbons (Fsp3) is 0.471. The van der Waals surface area contributed by atoms with Gasteiger partial charge in [-0.1, -0.05) is 12.1 Å². The summed E-state index contributed by atoms with van der Waals surface area (Å²) in [5.74, 6) is 0.289. The predicted octanol–water partition coefficient (Wildman–Crippen LogP) is 4.57. The van der Waals surface area contributed by atoms with Crippen molar-refractivity contribution in [3.05, 3.63) is 35.3 Å². The average molecular weight is 354 g/mol. The van der Waals surface area contributed by atoms with E-state index in [1.165, 1.54) is 42.7 Å². The van der Waals surface area contributed by atoms with Gasteiger partial charge in [0, 0.05) is 16.9 Å². The molecule has 4 rings (SSSR count). The van der Waals surface area contributed by atoms with Gasteiger partial charge in [0.2, 0.25) is 0 Å². The van der Waals surface area contributed by atoms with Crippen LogP contribution in [-0.2, 0) is 0 Å². The van der Waals surface area contributed by atoms with Crippen molar-refractivity contribution in [3.63, 3.8) is 0 Å². The standard InChI is InChI=1S/C17H17F3N2OS/c18-17(19,20)23-12-3-1-2-11(8-12)15-22-14(10-24-15)13-9-16(13)4-6-21-7-5-16/h1-3,8,10,13,21H,4-7,9H2/t13-/m0/s1. The SMILES string of the molecule is FC(F)(F)Oc1cccc(-c2nc([C@@H]3CC34CCNCC4)cs2)c1. The van der Waals surface area contributed by atoms with Gasteiger partial charge in [0.1, 0.15) is 10.8 Å². The van der Waals surface area contributed by atoms with Crippen molar-refractivity contribution in [1.29, 1.82) is 0 Å². The number of alkyl halides is 3. The monoisotopic (exact) mass is 354 g/mol. The first-order valence-corrected chi connectivity index (χ1v) is 8.86. The van der Waals surface area contributed by atoms with Gasteiger partial charge >= 0.3 is 6.36 Å². The van der Waals surface area contributed by atoms with Crippen molar-refractivity contribution in [2.24, 2.45) is 5.41 Å². The molecule has 24 heavy (non-hydrogen) atoms. The summed E-state index contributed by atoms with van der Waals surface area (Å²) in [6, 6.07) is 6.02. The number of halogens is 3. The molecule has 7 heteroatoms. The van der Waals surface area contributed by atoms with E-state index in [0.29, 0.717) is 16.9 Å². The second-order valence-corrected chi connectivity index (χ2v) is 7.38. The van der Waals surface area contributed by atoms with E-state index < -0.39 is 6.36 Å². The highest BCUT2D eigenvalue weighted by atomic mass is 32.1. The number of aromatic nitrogens is 1. The number of rotatable bonds is 3. The lowest BCUT2D eigenvalue weighted by Crippen LogP contribution is -2.29. The number of nitrogens with zero attached hydrogens (tertiary/aromatic N) is 1. The highest BCUT2D eigenvalue weighted by Gasteiger charge is 2.55. The maximum Gasteiger partial charge on any atom is 0.573 e. The Morgan fingerprint density at radius 2 is 2.04 bits per heavy atom. The van der Waals surface area contributed by atoms with Gasteiger partial charge in [-0.3, -0.25) is 0 Å². The first-order valence-electron chi connectivity index (χ1n) is 7.98. The van der Waals surface area contributed by atoms with Crippen LogP contribution in [0.15, 0.2) is 29.6 Å². The Kier molecular flexibility index (Phi) is 3.80. The molecule has 2 aliphatic rings.